The summed E-state index contributed by atoms with van der Waals surface area (Å²) in [6, 6.07) is 6.11. The summed E-state index contributed by atoms with van der Waals surface area (Å²) in [7, 11) is 0. The standard InChI is InChI=1S/C19H19F3N4O/c20-19(21,22)15-4-5-17(24-13-15)26-10-7-16(8-11-26)25-18(27)6-3-14-2-1-9-23-12-14/h1-6,9,12-13,16H,7-8,10-11H2,(H,25,27)/b6-3+. The number of carbonyl (C=O) groups excluding carboxylic acids is 1. The highest BCUT2D eigenvalue weighted by atomic mass is 19.4. The first-order valence-electron chi connectivity index (χ1n) is 8.58. The smallest absolute Gasteiger partial charge is 0.356 e. The summed E-state index contributed by atoms with van der Waals surface area (Å²) in [5, 5.41) is 2.95. The Bertz CT molecular complexity index is 783. The lowest BCUT2D eigenvalue weighted by Gasteiger charge is -2.33. The van der Waals surface area contributed by atoms with Crippen molar-refractivity contribution in [2.75, 3.05) is 18.0 Å². The molecule has 1 aliphatic rings. The SMILES string of the molecule is O=C(/C=C/c1cccnc1)NC1CCN(c2ccc(C(F)(F)F)cn2)CC1. The summed E-state index contributed by atoms with van der Waals surface area (Å²) in [4.78, 5) is 21.8. The molecule has 1 aliphatic heterocycles. The van der Waals surface area contributed by atoms with Crippen molar-refractivity contribution in [2.45, 2.75) is 25.1 Å². The van der Waals surface area contributed by atoms with E-state index in [-0.39, 0.29) is 11.9 Å². The monoisotopic (exact) mass is 376 g/mol. The normalized spacial score (nSPS) is 15.9. The number of rotatable bonds is 4. The van der Waals surface area contributed by atoms with Crippen LogP contribution in [0.15, 0.2) is 48.9 Å². The van der Waals surface area contributed by atoms with E-state index in [0.717, 1.165) is 17.8 Å². The maximum absolute atomic E-state index is 12.6. The van der Waals surface area contributed by atoms with Crippen molar-refractivity contribution in [3.8, 4) is 0 Å². The summed E-state index contributed by atoms with van der Waals surface area (Å²) < 4.78 is 37.8. The number of nitrogens with one attached hydrogen (secondary N) is 1. The largest absolute Gasteiger partial charge is 0.417 e. The Morgan fingerprint density at radius 3 is 2.56 bits per heavy atom. The van der Waals surface area contributed by atoms with Crippen LogP contribution in [0.4, 0.5) is 19.0 Å². The van der Waals surface area contributed by atoms with Gasteiger partial charge >= 0.3 is 6.18 Å². The van der Waals surface area contributed by atoms with Gasteiger partial charge in [0, 0.05) is 43.8 Å². The summed E-state index contributed by atoms with van der Waals surface area (Å²) in [6.07, 6.45) is 4.38. The van der Waals surface area contributed by atoms with Gasteiger partial charge in [0.15, 0.2) is 0 Å². The number of carbonyl (C=O) groups is 1. The second-order valence-electron chi connectivity index (χ2n) is 6.29. The van der Waals surface area contributed by atoms with Crippen LogP contribution in [0.5, 0.6) is 0 Å². The van der Waals surface area contributed by atoms with Gasteiger partial charge in [0.05, 0.1) is 5.56 Å². The predicted octanol–water partition coefficient (Wildman–Crippen LogP) is 3.29. The second kappa shape index (κ2) is 8.20. The van der Waals surface area contributed by atoms with Gasteiger partial charge < -0.3 is 10.2 Å². The highest BCUT2D eigenvalue weighted by Crippen LogP contribution is 2.29. The topological polar surface area (TPSA) is 58.1 Å². The molecule has 3 rings (SSSR count). The zero-order valence-electron chi connectivity index (χ0n) is 14.5. The van der Waals surface area contributed by atoms with Crippen molar-refractivity contribution < 1.29 is 18.0 Å². The molecule has 27 heavy (non-hydrogen) atoms. The maximum atomic E-state index is 12.6. The fourth-order valence-corrected chi connectivity index (χ4v) is 2.89. The molecule has 0 spiro atoms. The average Bonchev–Trinajstić information content (AvgIpc) is 2.67. The summed E-state index contributed by atoms with van der Waals surface area (Å²) in [5.41, 5.74) is 0.0876. The molecule has 1 N–H and O–H groups in total. The zero-order valence-corrected chi connectivity index (χ0v) is 14.5. The van der Waals surface area contributed by atoms with E-state index >= 15 is 0 Å². The van der Waals surface area contributed by atoms with Crippen LogP contribution in [0.3, 0.4) is 0 Å². The van der Waals surface area contributed by atoms with Gasteiger partial charge in [0.2, 0.25) is 5.91 Å². The molecule has 0 radical (unpaired) electrons. The minimum Gasteiger partial charge on any atom is -0.356 e. The number of pyridine rings is 2. The number of amides is 1. The van der Waals surface area contributed by atoms with Crippen molar-refractivity contribution in [1.82, 2.24) is 15.3 Å². The Morgan fingerprint density at radius 1 is 1.19 bits per heavy atom. The Labute approximate surface area is 154 Å². The quantitative estimate of drug-likeness (QED) is 0.832. The van der Waals surface area contributed by atoms with Crippen LogP contribution in [0, 0.1) is 0 Å². The zero-order chi connectivity index (χ0) is 19.3. The van der Waals surface area contributed by atoms with Gasteiger partial charge in [-0.1, -0.05) is 6.07 Å². The number of aromatic nitrogens is 2. The molecular weight excluding hydrogens is 357 g/mol. The van der Waals surface area contributed by atoms with Crippen LogP contribution in [-0.4, -0.2) is 35.0 Å². The van der Waals surface area contributed by atoms with Crippen LogP contribution in [0.25, 0.3) is 6.08 Å². The highest BCUT2D eigenvalue weighted by Gasteiger charge is 2.31. The molecule has 5 nitrogen and oxygen atoms in total. The first-order valence-corrected chi connectivity index (χ1v) is 8.58. The third-order valence-electron chi connectivity index (χ3n) is 4.35. The highest BCUT2D eigenvalue weighted by molar-refractivity contribution is 5.91. The first-order chi connectivity index (χ1) is 12.9. The molecule has 2 aromatic rings. The second-order valence-corrected chi connectivity index (χ2v) is 6.29. The van der Waals surface area contributed by atoms with Gasteiger partial charge in [0.25, 0.3) is 0 Å². The molecular formula is C19H19F3N4O. The molecule has 3 heterocycles. The molecule has 0 saturated carbocycles. The predicted molar refractivity (Wildman–Crippen MR) is 95.9 cm³/mol. The van der Waals surface area contributed by atoms with E-state index in [1.165, 1.54) is 12.1 Å². The van der Waals surface area contributed by atoms with Gasteiger partial charge in [-0.3, -0.25) is 9.78 Å². The van der Waals surface area contributed by atoms with Crippen molar-refractivity contribution >= 4 is 17.8 Å². The van der Waals surface area contributed by atoms with Crippen molar-refractivity contribution in [3.63, 3.8) is 0 Å². The number of piperidine rings is 1. The number of hydrogen-bond donors (Lipinski definition) is 1. The van der Waals surface area contributed by atoms with Gasteiger partial charge in [0.1, 0.15) is 5.82 Å². The summed E-state index contributed by atoms with van der Waals surface area (Å²) in [5.74, 6) is 0.342. The number of nitrogens with zero attached hydrogens (tertiary/aromatic N) is 3. The third kappa shape index (κ3) is 5.29. The van der Waals surface area contributed by atoms with E-state index in [2.05, 4.69) is 15.3 Å². The molecule has 142 valence electrons. The van der Waals surface area contributed by atoms with E-state index in [1.54, 1.807) is 24.5 Å². The Kier molecular flexibility index (Phi) is 5.73. The van der Waals surface area contributed by atoms with Crippen LogP contribution in [-0.2, 0) is 11.0 Å². The number of hydrogen-bond acceptors (Lipinski definition) is 4. The van der Waals surface area contributed by atoms with E-state index in [0.29, 0.717) is 31.7 Å². The lowest BCUT2D eigenvalue weighted by atomic mass is 10.0. The molecule has 2 aromatic heterocycles. The Balaban J connectivity index is 1.48. The Morgan fingerprint density at radius 2 is 1.96 bits per heavy atom. The molecule has 0 unspecified atom stereocenters. The maximum Gasteiger partial charge on any atom is 0.417 e. The minimum atomic E-state index is -4.38. The number of halogens is 3. The minimum absolute atomic E-state index is 0.0294. The van der Waals surface area contributed by atoms with E-state index in [9.17, 15) is 18.0 Å². The van der Waals surface area contributed by atoms with Crippen molar-refractivity contribution in [3.05, 3.63) is 60.1 Å². The molecule has 1 fully saturated rings. The fraction of sp³-hybridized carbons (Fsp3) is 0.316. The number of alkyl halides is 3. The van der Waals surface area contributed by atoms with Crippen LogP contribution in [0.1, 0.15) is 24.0 Å². The van der Waals surface area contributed by atoms with Crippen LogP contribution in [0.2, 0.25) is 0 Å². The fourth-order valence-electron chi connectivity index (χ4n) is 2.89. The lowest BCUT2D eigenvalue weighted by Crippen LogP contribution is -2.44. The molecule has 8 heteroatoms. The van der Waals surface area contributed by atoms with Gasteiger partial charge in [-0.05, 0) is 42.7 Å². The molecule has 0 aromatic carbocycles. The van der Waals surface area contributed by atoms with E-state index in [1.807, 2.05) is 11.0 Å². The Hall–Kier alpha value is -2.90. The van der Waals surface area contributed by atoms with Gasteiger partial charge in [-0.15, -0.1) is 0 Å². The first kappa shape index (κ1) is 18.9. The van der Waals surface area contributed by atoms with Gasteiger partial charge in [-0.2, -0.15) is 13.2 Å². The average molecular weight is 376 g/mol. The lowest BCUT2D eigenvalue weighted by molar-refractivity contribution is -0.137. The molecule has 0 bridgehead atoms. The van der Waals surface area contributed by atoms with Gasteiger partial charge in [-0.25, -0.2) is 4.98 Å². The summed E-state index contributed by atoms with van der Waals surface area (Å²) in [6.45, 7) is 1.24. The molecule has 0 aliphatic carbocycles. The number of anilines is 1. The third-order valence-corrected chi connectivity index (χ3v) is 4.35. The van der Waals surface area contributed by atoms with Crippen LogP contribution >= 0.6 is 0 Å². The van der Waals surface area contributed by atoms with E-state index in [4.69, 9.17) is 0 Å². The molecule has 0 atom stereocenters. The van der Waals surface area contributed by atoms with Crippen molar-refractivity contribution in [1.29, 1.82) is 0 Å². The van der Waals surface area contributed by atoms with Crippen molar-refractivity contribution in [2.24, 2.45) is 0 Å². The van der Waals surface area contributed by atoms with Crippen LogP contribution < -0.4 is 10.2 Å². The molecule has 1 amide bonds. The van der Waals surface area contributed by atoms with E-state index < -0.39 is 11.7 Å². The summed E-state index contributed by atoms with van der Waals surface area (Å²) >= 11 is 0. The molecule has 1 saturated heterocycles.